The van der Waals surface area contributed by atoms with Gasteiger partial charge in [-0.15, -0.1) is 12.4 Å². The summed E-state index contributed by atoms with van der Waals surface area (Å²) in [6, 6.07) is 4.85. The number of aliphatic hydroxyl groups is 1. The smallest absolute Gasteiger partial charge is 0.126 e. The monoisotopic (exact) mass is 233 g/mol. The SMILES string of the molecule is Cc1ccc([C@@H](N)CCCO)cc1F.Cl. The lowest BCUT2D eigenvalue weighted by Crippen LogP contribution is -2.11. The number of hydrogen-bond donors (Lipinski definition) is 2. The van der Waals surface area contributed by atoms with Gasteiger partial charge in [-0.1, -0.05) is 12.1 Å². The van der Waals surface area contributed by atoms with Crippen LogP contribution in [0.4, 0.5) is 4.39 Å². The second-order valence-electron chi connectivity index (χ2n) is 3.48. The van der Waals surface area contributed by atoms with Gasteiger partial charge in [0.2, 0.25) is 0 Å². The molecule has 1 atom stereocenters. The molecule has 0 amide bonds. The molecule has 0 saturated carbocycles. The Morgan fingerprint density at radius 1 is 1.47 bits per heavy atom. The highest BCUT2D eigenvalue weighted by molar-refractivity contribution is 5.85. The third-order valence-corrected chi connectivity index (χ3v) is 2.30. The molecule has 0 saturated heterocycles. The Morgan fingerprint density at radius 3 is 2.67 bits per heavy atom. The average Bonchev–Trinajstić information content (AvgIpc) is 2.18. The molecule has 0 heterocycles. The summed E-state index contributed by atoms with van der Waals surface area (Å²) in [6.07, 6.45) is 1.33. The van der Waals surface area contributed by atoms with Crippen molar-refractivity contribution in [3.8, 4) is 0 Å². The van der Waals surface area contributed by atoms with Crippen LogP contribution in [-0.4, -0.2) is 11.7 Å². The Labute approximate surface area is 95.7 Å². The molecule has 0 aromatic heterocycles. The maximum atomic E-state index is 13.2. The normalized spacial score (nSPS) is 12.0. The molecular weight excluding hydrogens is 217 g/mol. The first-order valence-electron chi connectivity index (χ1n) is 4.77. The largest absolute Gasteiger partial charge is 0.396 e. The van der Waals surface area contributed by atoms with Gasteiger partial charge in [-0.05, 0) is 37.0 Å². The van der Waals surface area contributed by atoms with Crippen molar-refractivity contribution in [1.29, 1.82) is 0 Å². The van der Waals surface area contributed by atoms with Crippen molar-refractivity contribution < 1.29 is 9.50 Å². The van der Waals surface area contributed by atoms with Crippen LogP contribution in [0.2, 0.25) is 0 Å². The lowest BCUT2D eigenvalue weighted by molar-refractivity contribution is 0.280. The summed E-state index contributed by atoms with van der Waals surface area (Å²) < 4.78 is 13.2. The zero-order valence-corrected chi connectivity index (χ0v) is 9.56. The number of benzene rings is 1. The molecule has 1 aromatic carbocycles. The van der Waals surface area contributed by atoms with Gasteiger partial charge in [-0.3, -0.25) is 0 Å². The van der Waals surface area contributed by atoms with Crippen LogP contribution in [0, 0.1) is 12.7 Å². The van der Waals surface area contributed by atoms with Gasteiger partial charge >= 0.3 is 0 Å². The van der Waals surface area contributed by atoms with Crippen LogP contribution < -0.4 is 5.73 Å². The molecule has 0 aliphatic rings. The van der Waals surface area contributed by atoms with Crippen LogP contribution >= 0.6 is 12.4 Å². The van der Waals surface area contributed by atoms with Gasteiger partial charge in [0.05, 0.1) is 0 Å². The molecule has 0 bridgehead atoms. The Bertz CT molecular complexity index is 307. The van der Waals surface area contributed by atoms with Crippen molar-refractivity contribution in [2.75, 3.05) is 6.61 Å². The number of halogens is 2. The molecule has 0 fully saturated rings. The van der Waals surface area contributed by atoms with Gasteiger partial charge in [0.1, 0.15) is 5.82 Å². The van der Waals surface area contributed by atoms with Crippen molar-refractivity contribution in [3.05, 3.63) is 35.1 Å². The zero-order chi connectivity index (χ0) is 10.6. The predicted molar refractivity (Wildman–Crippen MR) is 61.6 cm³/mol. The topological polar surface area (TPSA) is 46.2 Å². The van der Waals surface area contributed by atoms with E-state index in [1.165, 1.54) is 6.07 Å². The molecule has 15 heavy (non-hydrogen) atoms. The lowest BCUT2D eigenvalue weighted by atomic mass is 10.0. The first-order chi connectivity index (χ1) is 6.65. The molecular formula is C11H17ClFNO. The van der Waals surface area contributed by atoms with Gasteiger partial charge in [0, 0.05) is 12.6 Å². The first kappa shape index (κ1) is 14.4. The fourth-order valence-electron chi connectivity index (χ4n) is 1.32. The Kier molecular flexibility index (Phi) is 6.48. The summed E-state index contributed by atoms with van der Waals surface area (Å²) in [5.41, 5.74) is 7.24. The molecule has 0 spiro atoms. The lowest BCUT2D eigenvalue weighted by Gasteiger charge is -2.11. The summed E-state index contributed by atoms with van der Waals surface area (Å²) in [6.45, 7) is 1.85. The third kappa shape index (κ3) is 4.16. The van der Waals surface area contributed by atoms with Crippen molar-refractivity contribution in [3.63, 3.8) is 0 Å². The number of aliphatic hydroxyl groups excluding tert-OH is 1. The van der Waals surface area contributed by atoms with Gasteiger partial charge in [0.25, 0.3) is 0 Å². The van der Waals surface area contributed by atoms with Crippen molar-refractivity contribution >= 4 is 12.4 Å². The van der Waals surface area contributed by atoms with E-state index in [0.29, 0.717) is 18.4 Å². The van der Waals surface area contributed by atoms with E-state index in [1.807, 2.05) is 6.07 Å². The fourth-order valence-corrected chi connectivity index (χ4v) is 1.32. The summed E-state index contributed by atoms with van der Waals surface area (Å²) in [4.78, 5) is 0. The highest BCUT2D eigenvalue weighted by Gasteiger charge is 2.07. The standard InChI is InChI=1S/C11H16FNO.ClH/c1-8-4-5-9(7-10(8)12)11(13)3-2-6-14;/h4-5,7,11,14H,2-3,6,13H2,1H3;1H/t11-;/m0./s1. The Morgan fingerprint density at radius 2 is 2.13 bits per heavy atom. The number of hydrogen-bond acceptors (Lipinski definition) is 2. The minimum absolute atomic E-state index is 0. The molecule has 0 radical (unpaired) electrons. The quantitative estimate of drug-likeness (QED) is 0.839. The van der Waals surface area contributed by atoms with E-state index in [0.717, 1.165) is 5.56 Å². The summed E-state index contributed by atoms with van der Waals surface area (Å²) in [7, 11) is 0. The number of aryl methyl sites for hydroxylation is 1. The minimum Gasteiger partial charge on any atom is -0.396 e. The van der Waals surface area contributed by atoms with E-state index in [4.69, 9.17) is 10.8 Å². The fraction of sp³-hybridized carbons (Fsp3) is 0.455. The van der Waals surface area contributed by atoms with Crippen molar-refractivity contribution in [2.45, 2.75) is 25.8 Å². The molecule has 1 aromatic rings. The van der Waals surface area contributed by atoms with Gasteiger partial charge in [0.15, 0.2) is 0 Å². The molecule has 3 N–H and O–H groups in total. The maximum Gasteiger partial charge on any atom is 0.126 e. The Balaban J connectivity index is 0.00000196. The second kappa shape index (κ2) is 6.77. The van der Waals surface area contributed by atoms with E-state index < -0.39 is 0 Å². The average molecular weight is 234 g/mol. The highest BCUT2D eigenvalue weighted by atomic mass is 35.5. The van der Waals surface area contributed by atoms with E-state index in [9.17, 15) is 4.39 Å². The van der Waals surface area contributed by atoms with Gasteiger partial charge < -0.3 is 10.8 Å². The molecule has 2 nitrogen and oxygen atoms in total. The van der Waals surface area contributed by atoms with Crippen LogP contribution in [0.3, 0.4) is 0 Å². The predicted octanol–water partition coefficient (Wildman–Crippen LogP) is 2.33. The summed E-state index contributed by atoms with van der Waals surface area (Å²) in [5, 5.41) is 8.63. The molecule has 0 aliphatic heterocycles. The number of rotatable bonds is 4. The highest BCUT2D eigenvalue weighted by Crippen LogP contribution is 2.18. The maximum absolute atomic E-state index is 13.2. The van der Waals surface area contributed by atoms with E-state index in [-0.39, 0.29) is 30.9 Å². The van der Waals surface area contributed by atoms with Crippen molar-refractivity contribution in [1.82, 2.24) is 0 Å². The van der Waals surface area contributed by atoms with Crippen LogP contribution in [0.5, 0.6) is 0 Å². The Hall–Kier alpha value is -0.640. The second-order valence-corrected chi connectivity index (χ2v) is 3.48. The third-order valence-electron chi connectivity index (χ3n) is 2.30. The molecule has 1 rings (SSSR count). The minimum atomic E-state index is -0.220. The zero-order valence-electron chi connectivity index (χ0n) is 8.74. The van der Waals surface area contributed by atoms with E-state index >= 15 is 0 Å². The van der Waals surface area contributed by atoms with E-state index in [1.54, 1.807) is 13.0 Å². The molecule has 4 heteroatoms. The summed E-state index contributed by atoms with van der Waals surface area (Å²) in [5.74, 6) is -0.220. The summed E-state index contributed by atoms with van der Waals surface area (Å²) >= 11 is 0. The first-order valence-corrected chi connectivity index (χ1v) is 4.77. The van der Waals surface area contributed by atoms with Gasteiger partial charge in [-0.25, -0.2) is 4.39 Å². The van der Waals surface area contributed by atoms with E-state index in [2.05, 4.69) is 0 Å². The number of nitrogens with two attached hydrogens (primary N) is 1. The van der Waals surface area contributed by atoms with Gasteiger partial charge in [-0.2, -0.15) is 0 Å². The molecule has 86 valence electrons. The molecule has 0 unspecified atom stereocenters. The van der Waals surface area contributed by atoms with Crippen molar-refractivity contribution in [2.24, 2.45) is 5.73 Å². The van der Waals surface area contributed by atoms with Crippen LogP contribution in [0.25, 0.3) is 0 Å². The van der Waals surface area contributed by atoms with Crippen LogP contribution in [0.1, 0.15) is 30.0 Å². The van der Waals surface area contributed by atoms with Crippen LogP contribution in [-0.2, 0) is 0 Å². The molecule has 0 aliphatic carbocycles. The van der Waals surface area contributed by atoms with Crippen LogP contribution in [0.15, 0.2) is 18.2 Å².